The number of aromatic nitrogens is 2. The first-order valence-electron chi connectivity index (χ1n) is 5.95. The zero-order valence-corrected chi connectivity index (χ0v) is 11.8. The van der Waals surface area contributed by atoms with E-state index in [0.29, 0.717) is 17.5 Å². The number of non-ortho nitro benzene ring substituents is 1. The molecule has 2 aromatic rings. The molecule has 0 saturated heterocycles. The van der Waals surface area contributed by atoms with Crippen LogP contribution in [-0.4, -0.2) is 14.9 Å². The molecule has 0 atom stereocenters. The van der Waals surface area contributed by atoms with Crippen LogP contribution in [0.1, 0.15) is 17.0 Å². The summed E-state index contributed by atoms with van der Waals surface area (Å²) in [4.78, 5) is 18.6. The van der Waals surface area contributed by atoms with Gasteiger partial charge >= 0.3 is 0 Å². The predicted octanol–water partition coefficient (Wildman–Crippen LogP) is 3.27. The minimum atomic E-state index is -0.428. The zero-order valence-electron chi connectivity index (χ0n) is 11.1. The third kappa shape index (κ3) is 3.21. The molecule has 0 fully saturated rings. The molecule has 1 aromatic heterocycles. The van der Waals surface area contributed by atoms with Gasteiger partial charge in [-0.2, -0.15) is 0 Å². The average Bonchev–Trinajstić information content (AvgIpc) is 2.42. The Morgan fingerprint density at radius 1 is 1.20 bits per heavy atom. The third-order valence-electron chi connectivity index (χ3n) is 2.87. The van der Waals surface area contributed by atoms with E-state index in [-0.39, 0.29) is 5.69 Å². The molecular formula is C13H13ClN4O2. The van der Waals surface area contributed by atoms with Crippen LogP contribution in [0.25, 0.3) is 0 Å². The Morgan fingerprint density at radius 3 is 2.40 bits per heavy atom. The fourth-order valence-electron chi connectivity index (χ4n) is 1.61. The van der Waals surface area contributed by atoms with Crippen molar-refractivity contribution in [2.45, 2.75) is 20.4 Å². The standard InChI is InChI=1S/C13H13ClN4O2/c1-8-9(2)17-13(12(14)16-8)15-7-10-3-5-11(6-4-10)18(19)20/h3-6H,7H2,1-2H3,(H,15,17). The van der Waals surface area contributed by atoms with E-state index in [1.54, 1.807) is 12.1 Å². The second-order valence-electron chi connectivity index (χ2n) is 4.31. The van der Waals surface area contributed by atoms with Crippen LogP contribution in [0.15, 0.2) is 24.3 Å². The molecule has 2 rings (SSSR count). The van der Waals surface area contributed by atoms with Crippen LogP contribution in [0.3, 0.4) is 0 Å². The van der Waals surface area contributed by atoms with Crippen LogP contribution in [0.4, 0.5) is 11.5 Å². The molecule has 0 spiro atoms. The lowest BCUT2D eigenvalue weighted by Gasteiger charge is -2.09. The smallest absolute Gasteiger partial charge is 0.269 e. The Hall–Kier alpha value is -2.21. The summed E-state index contributed by atoms with van der Waals surface area (Å²) >= 11 is 6.01. The summed E-state index contributed by atoms with van der Waals surface area (Å²) in [5, 5.41) is 13.9. The van der Waals surface area contributed by atoms with Crippen molar-refractivity contribution in [2.75, 3.05) is 5.32 Å². The van der Waals surface area contributed by atoms with Gasteiger partial charge in [0.05, 0.1) is 16.3 Å². The number of hydrogen-bond donors (Lipinski definition) is 1. The average molecular weight is 293 g/mol. The van der Waals surface area contributed by atoms with Crippen LogP contribution >= 0.6 is 11.6 Å². The van der Waals surface area contributed by atoms with Gasteiger partial charge in [0.25, 0.3) is 5.69 Å². The van der Waals surface area contributed by atoms with Crippen molar-refractivity contribution >= 4 is 23.1 Å². The fourth-order valence-corrected chi connectivity index (χ4v) is 1.85. The summed E-state index contributed by atoms with van der Waals surface area (Å²) in [6.45, 7) is 4.17. The molecule has 1 heterocycles. The Morgan fingerprint density at radius 2 is 1.80 bits per heavy atom. The van der Waals surface area contributed by atoms with Crippen molar-refractivity contribution < 1.29 is 4.92 Å². The quantitative estimate of drug-likeness (QED) is 0.691. The molecule has 0 aliphatic rings. The summed E-state index contributed by atoms with van der Waals surface area (Å²) in [6.07, 6.45) is 0. The van der Waals surface area contributed by atoms with Crippen LogP contribution in [0.5, 0.6) is 0 Å². The van der Waals surface area contributed by atoms with Gasteiger partial charge in [-0.1, -0.05) is 23.7 Å². The highest BCUT2D eigenvalue weighted by atomic mass is 35.5. The Bertz CT molecular complexity index is 644. The molecule has 0 aliphatic heterocycles. The van der Waals surface area contributed by atoms with Gasteiger partial charge in [-0.3, -0.25) is 10.1 Å². The van der Waals surface area contributed by atoms with Gasteiger partial charge in [-0.25, -0.2) is 9.97 Å². The SMILES string of the molecule is Cc1nc(Cl)c(NCc2ccc([N+](=O)[O-])cc2)nc1C. The van der Waals surface area contributed by atoms with Crippen LogP contribution in [0, 0.1) is 24.0 Å². The van der Waals surface area contributed by atoms with Gasteiger partial charge in [-0.05, 0) is 19.4 Å². The van der Waals surface area contributed by atoms with Gasteiger partial charge in [0.1, 0.15) is 0 Å². The van der Waals surface area contributed by atoms with E-state index in [4.69, 9.17) is 11.6 Å². The minimum absolute atomic E-state index is 0.0674. The molecule has 0 amide bonds. The van der Waals surface area contributed by atoms with Gasteiger partial charge in [0.2, 0.25) is 0 Å². The third-order valence-corrected chi connectivity index (χ3v) is 3.14. The lowest BCUT2D eigenvalue weighted by atomic mass is 10.2. The van der Waals surface area contributed by atoms with Gasteiger partial charge < -0.3 is 5.32 Å². The van der Waals surface area contributed by atoms with Crippen molar-refractivity contribution in [2.24, 2.45) is 0 Å². The van der Waals surface area contributed by atoms with Crippen molar-refractivity contribution in [3.63, 3.8) is 0 Å². The zero-order chi connectivity index (χ0) is 14.7. The van der Waals surface area contributed by atoms with E-state index < -0.39 is 4.92 Å². The highest BCUT2D eigenvalue weighted by Crippen LogP contribution is 2.19. The number of benzene rings is 1. The van der Waals surface area contributed by atoms with Crippen molar-refractivity contribution in [3.8, 4) is 0 Å². The Kier molecular flexibility index (Phi) is 4.14. The fraction of sp³-hybridized carbons (Fsp3) is 0.231. The van der Waals surface area contributed by atoms with Crippen molar-refractivity contribution in [3.05, 3.63) is 56.5 Å². The highest BCUT2D eigenvalue weighted by Gasteiger charge is 2.08. The maximum absolute atomic E-state index is 10.6. The maximum atomic E-state index is 10.6. The molecule has 0 radical (unpaired) electrons. The summed E-state index contributed by atoms with van der Waals surface area (Å²) in [7, 11) is 0. The number of nitrogens with zero attached hydrogens (tertiary/aromatic N) is 3. The lowest BCUT2D eigenvalue weighted by Crippen LogP contribution is -2.05. The first kappa shape index (κ1) is 14.2. The molecular weight excluding hydrogens is 280 g/mol. The maximum Gasteiger partial charge on any atom is 0.269 e. The second-order valence-corrected chi connectivity index (χ2v) is 4.67. The molecule has 0 bridgehead atoms. The van der Waals surface area contributed by atoms with Crippen molar-refractivity contribution in [1.82, 2.24) is 9.97 Å². The number of halogens is 1. The van der Waals surface area contributed by atoms with Crippen LogP contribution in [0.2, 0.25) is 5.15 Å². The second kappa shape index (κ2) is 5.83. The summed E-state index contributed by atoms with van der Waals surface area (Å²) in [5.41, 5.74) is 2.56. The van der Waals surface area contributed by atoms with Crippen molar-refractivity contribution in [1.29, 1.82) is 0 Å². The monoisotopic (exact) mass is 292 g/mol. The van der Waals surface area contributed by atoms with E-state index in [1.165, 1.54) is 12.1 Å². The number of hydrogen-bond acceptors (Lipinski definition) is 5. The summed E-state index contributed by atoms with van der Waals surface area (Å²) in [6, 6.07) is 6.30. The number of rotatable bonds is 4. The summed E-state index contributed by atoms with van der Waals surface area (Å²) < 4.78 is 0. The molecule has 1 N–H and O–H groups in total. The number of nitro benzene ring substituents is 1. The molecule has 104 valence electrons. The molecule has 0 aliphatic carbocycles. The van der Waals surface area contributed by atoms with E-state index in [1.807, 2.05) is 13.8 Å². The number of anilines is 1. The topological polar surface area (TPSA) is 81.0 Å². The Labute approximate surface area is 121 Å². The first-order chi connectivity index (χ1) is 9.47. The largest absolute Gasteiger partial charge is 0.363 e. The molecule has 20 heavy (non-hydrogen) atoms. The van der Waals surface area contributed by atoms with E-state index in [0.717, 1.165) is 17.0 Å². The highest BCUT2D eigenvalue weighted by molar-refractivity contribution is 6.31. The number of aryl methyl sites for hydroxylation is 2. The van der Waals surface area contributed by atoms with Crippen LogP contribution in [-0.2, 0) is 6.54 Å². The number of nitrogens with one attached hydrogen (secondary N) is 1. The number of nitro groups is 1. The van der Waals surface area contributed by atoms with Gasteiger partial charge in [-0.15, -0.1) is 0 Å². The molecule has 6 nitrogen and oxygen atoms in total. The molecule has 0 saturated carbocycles. The molecule has 7 heteroatoms. The van der Waals surface area contributed by atoms with E-state index in [9.17, 15) is 10.1 Å². The summed E-state index contributed by atoms with van der Waals surface area (Å²) in [5.74, 6) is 0.508. The molecule has 0 unspecified atom stereocenters. The van der Waals surface area contributed by atoms with Crippen LogP contribution < -0.4 is 5.32 Å². The first-order valence-corrected chi connectivity index (χ1v) is 6.33. The lowest BCUT2D eigenvalue weighted by molar-refractivity contribution is -0.384. The molecule has 1 aromatic carbocycles. The van der Waals surface area contributed by atoms with Gasteiger partial charge in [0, 0.05) is 18.7 Å². The normalized spacial score (nSPS) is 10.3. The van der Waals surface area contributed by atoms with E-state index in [2.05, 4.69) is 15.3 Å². The predicted molar refractivity (Wildman–Crippen MR) is 76.9 cm³/mol. The van der Waals surface area contributed by atoms with E-state index >= 15 is 0 Å². The Balaban J connectivity index is 2.09. The minimum Gasteiger partial charge on any atom is -0.363 e. The van der Waals surface area contributed by atoms with Gasteiger partial charge in [0.15, 0.2) is 11.0 Å².